The van der Waals surface area contributed by atoms with Crippen LogP contribution in [0, 0.1) is 6.92 Å². The molecule has 1 atom stereocenters. The average Bonchev–Trinajstić information content (AvgIpc) is 2.29. The van der Waals surface area contributed by atoms with Gasteiger partial charge in [0, 0.05) is 12.5 Å². The Morgan fingerprint density at radius 3 is 2.55 bits per heavy atom. The smallest absolute Gasteiger partial charge is 0.337 e. The van der Waals surface area contributed by atoms with Gasteiger partial charge >= 0.3 is 12.0 Å². The molecular weight excluding hydrogens is 262 g/mol. The number of hydrogen-bond acceptors (Lipinski definition) is 3. The number of nitrogens with two attached hydrogens (primary N) is 1. The first kappa shape index (κ1) is 15.5. The quantitative estimate of drug-likeness (QED) is 0.644. The molecule has 5 N–H and O–H groups in total. The van der Waals surface area contributed by atoms with E-state index in [2.05, 4.69) is 10.6 Å². The number of amides is 3. The number of benzene rings is 1. The van der Waals surface area contributed by atoms with Crippen LogP contribution in [0.4, 0.5) is 10.5 Å². The van der Waals surface area contributed by atoms with Crippen LogP contribution in [0.1, 0.15) is 29.3 Å². The second-order valence-corrected chi connectivity index (χ2v) is 4.47. The first-order chi connectivity index (χ1) is 9.31. The van der Waals surface area contributed by atoms with Crippen LogP contribution in [-0.2, 0) is 4.79 Å². The summed E-state index contributed by atoms with van der Waals surface area (Å²) in [6, 6.07) is 3.66. The minimum Gasteiger partial charge on any atom is -0.478 e. The van der Waals surface area contributed by atoms with Crippen molar-refractivity contribution in [1.82, 2.24) is 5.32 Å². The Labute approximate surface area is 116 Å². The standard InChI is InChI=1S/C13H17N3O4/c1-7-4-3-5-9(12(18)19)11(7)16-13(20)15-8(2)6-10(14)17/h3-5,8H,6H2,1-2H3,(H2,14,17)(H,18,19)(H2,15,16,20). The molecule has 0 saturated carbocycles. The number of carbonyl (C=O) groups is 3. The molecule has 3 amide bonds. The molecule has 0 aromatic heterocycles. The molecule has 1 unspecified atom stereocenters. The maximum Gasteiger partial charge on any atom is 0.337 e. The van der Waals surface area contributed by atoms with E-state index in [0.29, 0.717) is 5.56 Å². The number of aryl methyl sites for hydroxylation is 1. The van der Waals surface area contributed by atoms with Crippen LogP contribution in [0.25, 0.3) is 0 Å². The van der Waals surface area contributed by atoms with E-state index >= 15 is 0 Å². The highest BCUT2D eigenvalue weighted by Crippen LogP contribution is 2.20. The van der Waals surface area contributed by atoms with Crippen molar-refractivity contribution in [3.63, 3.8) is 0 Å². The summed E-state index contributed by atoms with van der Waals surface area (Å²) in [6.07, 6.45) is 0.00692. The summed E-state index contributed by atoms with van der Waals surface area (Å²) in [5.74, 6) is -1.66. The highest BCUT2D eigenvalue weighted by atomic mass is 16.4. The fourth-order valence-corrected chi connectivity index (χ4v) is 1.74. The summed E-state index contributed by atoms with van der Waals surface area (Å²) in [4.78, 5) is 33.6. The summed E-state index contributed by atoms with van der Waals surface area (Å²) >= 11 is 0. The molecule has 7 nitrogen and oxygen atoms in total. The Morgan fingerprint density at radius 2 is 2.00 bits per heavy atom. The van der Waals surface area contributed by atoms with Gasteiger partial charge in [-0.3, -0.25) is 4.79 Å². The van der Waals surface area contributed by atoms with E-state index in [4.69, 9.17) is 10.8 Å². The third-order valence-electron chi connectivity index (χ3n) is 2.63. The van der Waals surface area contributed by atoms with Gasteiger partial charge in [-0.15, -0.1) is 0 Å². The van der Waals surface area contributed by atoms with Crippen LogP contribution in [0.5, 0.6) is 0 Å². The number of aromatic carboxylic acids is 1. The highest BCUT2D eigenvalue weighted by molar-refractivity contribution is 6.01. The maximum atomic E-state index is 11.8. The second-order valence-electron chi connectivity index (χ2n) is 4.47. The lowest BCUT2D eigenvalue weighted by molar-refractivity contribution is -0.118. The number of carbonyl (C=O) groups excluding carboxylic acids is 2. The number of urea groups is 1. The lowest BCUT2D eigenvalue weighted by Gasteiger charge is -2.15. The summed E-state index contributed by atoms with van der Waals surface area (Å²) < 4.78 is 0. The minimum absolute atomic E-state index is 0.00250. The van der Waals surface area contributed by atoms with Crippen LogP contribution in [0.3, 0.4) is 0 Å². The van der Waals surface area contributed by atoms with Crippen molar-refractivity contribution in [2.75, 3.05) is 5.32 Å². The number of nitrogens with one attached hydrogen (secondary N) is 2. The van der Waals surface area contributed by atoms with Crippen LogP contribution in [-0.4, -0.2) is 29.1 Å². The lowest BCUT2D eigenvalue weighted by atomic mass is 10.1. The van der Waals surface area contributed by atoms with E-state index in [0.717, 1.165) is 0 Å². The van der Waals surface area contributed by atoms with E-state index in [1.165, 1.54) is 6.07 Å². The zero-order valence-corrected chi connectivity index (χ0v) is 11.3. The molecule has 108 valence electrons. The Hall–Kier alpha value is -2.57. The minimum atomic E-state index is -1.13. The predicted octanol–water partition coefficient (Wildman–Crippen LogP) is 1.08. The summed E-state index contributed by atoms with van der Waals surface area (Å²) in [5, 5.41) is 14.1. The highest BCUT2D eigenvalue weighted by Gasteiger charge is 2.16. The van der Waals surface area contributed by atoms with Crippen molar-refractivity contribution in [2.45, 2.75) is 26.3 Å². The van der Waals surface area contributed by atoms with Gasteiger partial charge < -0.3 is 21.5 Å². The van der Waals surface area contributed by atoms with E-state index in [1.54, 1.807) is 26.0 Å². The van der Waals surface area contributed by atoms with E-state index in [1.807, 2.05) is 0 Å². The van der Waals surface area contributed by atoms with Gasteiger partial charge in [-0.2, -0.15) is 0 Å². The monoisotopic (exact) mass is 279 g/mol. The number of carboxylic acid groups (broad SMARTS) is 1. The fraction of sp³-hybridized carbons (Fsp3) is 0.308. The third kappa shape index (κ3) is 4.27. The van der Waals surface area contributed by atoms with Crippen LogP contribution >= 0.6 is 0 Å². The summed E-state index contributed by atoms with van der Waals surface area (Å²) in [7, 11) is 0. The van der Waals surface area contributed by atoms with Crippen LogP contribution in [0.15, 0.2) is 18.2 Å². The van der Waals surface area contributed by atoms with Crippen molar-refractivity contribution in [3.05, 3.63) is 29.3 Å². The van der Waals surface area contributed by atoms with Gasteiger partial charge in [0.25, 0.3) is 0 Å². The summed E-state index contributed by atoms with van der Waals surface area (Å²) in [5.41, 5.74) is 5.88. The third-order valence-corrected chi connectivity index (χ3v) is 2.63. The molecule has 20 heavy (non-hydrogen) atoms. The first-order valence-corrected chi connectivity index (χ1v) is 6.00. The second kappa shape index (κ2) is 6.55. The molecule has 0 bridgehead atoms. The molecule has 0 fully saturated rings. The Morgan fingerprint density at radius 1 is 1.35 bits per heavy atom. The molecule has 0 saturated heterocycles. The molecular formula is C13H17N3O4. The zero-order chi connectivity index (χ0) is 15.3. The van der Waals surface area contributed by atoms with Crippen LogP contribution in [0.2, 0.25) is 0 Å². The van der Waals surface area contributed by atoms with Gasteiger partial charge in [-0.25, -0.2) is 9.59 Å². The molecule has 1 rings (SSSR count). The molecule has 0 aliphatic heterocycles. The first-order valence-electron chi connectivity index (χ1n) is 6.00. The number of rotatable bonds is 5. The SMILES string of the molecule is Cc1cccc(C(=O)O)c1NC(=O)NC(C)CC(N)=O. The molecule has 0 heterocycles. The van der Waals surface area contributed by atoms with Crippen molar-refractivity contribution in [1.29, 1.82) is 0 Å². The summed E-state index contributed by atoms with van der Waals surface area (Å²) in [6.45, 7) is 3.31. The lowest BCUT2D eigenvalue weighted by Crippen LogP contribution is -2.38. The van der Waals surface area contributed by atoms with Gasteiger partial charge in [0.1, 0.15) is 0 Å². The molecule has 0 radical (unpaired) electrons. The van der Waals surface area contributed by atoms with Crippen molar-refractivity contribution >= 4 is 23.6 Å². The van der Waals surface area contributed by atoms with Crippen molar-refractivity contribution in [2.24, 2.45) is 5.73 Å². The normalized spacial score (nSPS) is 11.5. The molecule has 1 aromatic carbocycles. The number of carboxylic acids is 1. The van der Waals surface area contributed by atoms with Gasteiger partial charge in [0.2, 0.25) is 5.91 Å². The zero-order valence-electron chi connectivity index (χ0n) is 11.3. The van der Waals surface area contributed by atoms with Crippen molar-refractivity contribution in [3.8, 4) is 0 Å². The Kier molecular flexibility index (Phi) is 5.08. The van der Waals surface area contributed by atoms with Gasteiger partial charge in [-0.05, 0) is 25.5 Å². The van der Waals surface area contributed by atoms with E-state index in [9.17, 15) is 14.4 Å². The largest absolute Gasteiger partial charge is 0.478 e. The molecule has 0 aliphatic rings. The van der Waals surface area contributed by atoms with Crippen LogP contribution < -0.4 is 16.4 Å². The van der Waals surface area contributed by atoms with E-state index in [-0.39, 0.29) is 17.7 Å². The number of anilines is 1. The molecule has 0 aliphatic carbocycles. The van der Waals surface area contributed by atoms with Crippen molar-refractivity contribution < 1.29 is 19.5 Å². The molecule has 7 heteroatoms. The Bertz CT molecular complexity index is 542. The number of para-hydroxylation sites is 1. The molecule has 0 spiro atoms. The van der Waals surface area contributed by atoms with E-state index < -0.39 is 23.9 Å². The number of primary amides is 1. The topological polar surface area (TPSA) is 122 Å². The maximum absolute atomic E-state index is 11.8. The van der Waals surface area contributed by atoms with Gasteiger partial charge in [0.15, 0.2) is 0 Å². The number of hydrogen-bond donors (Lipinski definition) is 4. The van der Waals surface area contributed by atoms with Gasteiger partial charge in [-0.1, -0.05) is 12.1 Å². The molecule has 1 aromatic rings. The predicted molar refractivity (Wildman–Crippen MR) is 73.6 cm³/mol. The van der Waals surface area contributed by atoms with Gasteiger partial charge in [0.05, 0.1) is 11.3 Å². The average molecular weight is 279 g/mol. The fourth-order valence-electron chi connectivity index (χ4n) is 1.74. The Balaban J connectivity index is 2.80.